The van der Waals surface area contributed by atoms with Crippen molar-refractivity contribution in [1.29, 1.82) is 0 Å². The number of nitrogens with two attached hydrogens (primary N) is 1. The summed E-state index contributed by atoms with van der Waals surface area (Å²) in [6.07, 6.45) is 0. The van der Waals surface area contributed by atoms with E-state index in [4.69, 9.17) is 18.0 Å². The Labute approximate surface area is 120 Å². The predicted octanol–water partition coefficient (Wildman–Crippen LogP) is 1.41. The fraction of sp³-hybridized carbons (Fsp3) is 0.167. The number of nitrogens with one attached hydrogen (secondary N) is 1. The van der Waals surface area contributed by atoms with Crippen molar-refractivity contribution >= 4 is 34.6 Å². The zero-order valence-electron chi connectivity index (χ0n) is 10.2. The van der Waals surface area contributed by atoms with Crippen LogP contribution in [0.2, 0.25) is 0 Å². The fourth-order valence-electron chi connectivity index (χ4n) is 1.54. The highest BCUT2D eigenvalue weighted by Crippen LogP contribution is 2.10. The van der Waals surface area contributed by atoms with Crippen molar-refractivity contribution in [3.63, 3.8) is 0 Å². The molecule has 0 aliphatic rings. The normalized spacial score (nSPS) is 10.2. The first kappa shape index (κ1) is 13.6. The molecule has 0 spiro atoms. The van der Waals surface area contributed by atoms with E-state index in [2.05, 4.69) is 14.9 Å². The van der Waals surface area contributed by atoms with E-state index < -0.39 is 0 Å². The minimum atomic E-state index is -0.173. The summed E-state index contributed by atoms with van der Waals surface area (Å²) in [6, 6.07) is 7.46. The van der Waals surface area contributed by atoms with Gasteiger partial charge in [0.15, 0.2) is 0 Å². The minimum Gasteiger partial charge on any atom is -0.389 e. The van der Waals surface area contributed by atoms with Crippen molar-refractivity contribution in [2.75, 3.05) is 0 Å². The number of benzene rings is 1. The molecule has 0 fully saturated rings. The molecular weight excluding hydrogens is 280 g/mol. The van der Waals surface area contributed by atoms with Gasteiger partial charge in [0.25, 0.3) is 5.91 Å². The van der Waals surface area contributed by atoms with Gasteiger partial charge in [-0.05, 0) is 30.1 Å². The summed E-state index contributed by atoms with van der Waals surface area (Å²) in [5.74, 6) is -0.173. The number of amides is 1. The van der Waals surface area contributed by atoms with Crippen LogP contribution in [0.1, 0.15) is 26.5 Å². The van der Waals surface area contributed by atoms with Crippen LogP contribution >= 0.6 is 23.8 Å². The Balaban J connectivity index is 2.03. The molecule has 98 valence electrons. The van der Waals surface area contributed by atoms with E-state index in [1.807, 2.05) is 24.3 Å². The van der Waals surface area contributed by atoms with Gasteiger partial charge >= 0.3 is 0 Å². The second-order valence-corrected chi connectivity index (χ2v) is 5.13. The van der Waals surface area contributed by atoms with Gasteiger partial charge in [0.2, 0.25) is 0 Å². The van der Waals surface area contributed by atoms with Crippen LogP contribution < -0.4 is 11.1 Å². The number of aromatic nitrogens is 2. The molecule has 0 bridgehead atoms. The number of rotatable bonds is 4. The van der Waals surface area contributed by atoms with Gasteiger partial charge in [-0.2, -0.15) is 0 Å². The van der Waals surface area contributed by atoms with Crippen LogP contribution in [-0.4, -0.2) is 20.5 Å². The second kappa shape index (κ2) is 5.85. The minimum absolute atomic E-state index is 0.173. The summed E-state index contributed by atoms with van der Waals surface area (Å²) in [6.45, 7) is 2.17. The average Bonchev–Trinajstić information content (AvgIpc) is 2.82. The first-order valence-corrected chi connectivity index (χ1v) is 6.72. The highest BCUT2D eigenvalue weighted by Gasteiger charge is 2.12. The molecule has 7 heteroatoms. The zero-order valence-corrected chi connectivity index (χ0v) is 11.8. The van der Waals surface area contributed by atoms with E-state index in [-0.39, 0.29) is 5.91 Å². The number of nitrogens with zero attached hydrogens (tertiary/aromatic N) is 2. The lowest BCUT2D eigenvalue weighted by Crippen LogP contribution is -2.22. The molecule has 0 aliphatic carbocycles. The molecule has 1 aromatic carbocycles. The molecule has 1 heterocycles. The van der Waals surface area contributed by atoms with Crippen molar-refractivity contribution in [2.45, 2.75) is 13.5 Å². The van der Waals surface area contributed by atoms with Gasteiger partial charge in [-0.15, -0.1) is 5.10 Å². The van der Waals surface area contributed by atoms with Crippen molar-refractivity contribution in [3.8, 4) is 0 Å². The lowest BCUT2D eigenvalue weighted by molar-refractivity contribution is 0.0954. The molecular formula is C12H12N4OS2. The zero-order chi connectivity index (χ0) is 13.8. The molecule has 0 aliphatic heterocycles. The summed E-state index contributed by atoms with van der Waals surface area (Å²) in [4.78, 5) is 12.8. The van der Waals surface area contributed by atoms with Gasteiger partial charge in [-0.1, -0.05) is 34.9 Å². The maximum absolute atomic E-state index is 11.9. The SMILES string of the molecule is Cc1nnsc1C(=O)NCc1cccc(C(N)=S)c1. The molecule has 5 nitrogen and oxygen atoms in total. The van der Waals surface area contributed by atoms with Crippen LogP contribution in [-0.2, 0) is 6.54 Å². The summed E-state index contributed by atoms with van der Waals surface area (Å²) >= 11 is 6.00. The first-order valence-electron chi connectivity index (χ1n) is 5.54. The lowest BCUT2D eigenvalue weighted by atomic mass is 10.1. The Morgan fingerprint density at radius 3 is 2.95 bits per heavy atom. The van der Waals surface area contributed by atoms with E-state index >= 15 is 0 Å². The largest absolute Gasteiger partial charge is 0.389 e. The van der Waals surface area contributed by atoms with Crippen molar-refractivity contribution in [1.82, 2.24) is 14.9 Å². The van der Waals surface area contributed by atoms with Crippen LogP contribution in [0.5, 0.6) is 0 Å². The fourth-order valence-corrected chi connectivity index (χ4v) is 2.24. The molecule has 0 saturated carbocycles. The van der Waals surface area contributed by atoms with Gasteiger partial charge in [0.1, 0.15) is 9.87 Å². The highest BCUT2D eigenvalue weighted by atomic mass is 32.1. The standard InChI is InChI=1S/C12H12N4OS2/c1-7-10(19-16-15-7)12(17)14-6-8-3-2-4-9(5-8)11(13)18/h2-5H,6H2,1H3,(H2,13,18)(H,14,17). The molecule has 0 radical (unpaired) electrons. The van der Waals surface area contributed by atoms with Gasteiger partial charge < -0.3 is 11.1 Å². The smallest absolute Gasteiger partial charge is 0.265 e. The number of hydrogen-bond donors (Lipinski definition) is 2. The van der Waals surface area contributed by atoms with Crippen LogP contribution in [0, 0.1) is 6.92 Å². The Kier molecular flexibility index (Phi) is 4.18. The third-order valence-electron chi connectivity index (χ3n) is 2.52. The molecule has 2 aromatic rings. The van der Waals surface area contributed by atoms with E-state index in [1.54, 1.807) is 6.92 Å². The average molecular weight is 292 g/mol. The monoisotopic (exact) mass is 292 g/mol. The van der Waals surface area contributed by atoms with Crippen molar-refractivity contribution in [2.24, 2.45) is 5.73 Å². The maximum atomic E-state index is 11.9. The summed E-state index contributed by atoms with van der Waals surface area (Å²) in [7, 11) is 0. The van der Waals surface area contributed by atoms with Gasteiger partial charge in [0, 0.05) is 12.1 Å². The maximum Gasteiger partial charge on any atom is 0.265 e. The number of carbonyl (C=O) groups excluding carboxylic acids is 1. The number of aryl methyl sites for hydroxylation is 1. The molecule has 0 saturated heterocycles. The Bertz CT molecular complexity index is 624. The van der Waals surface area contributed by atoms with Crippen LogP contribution in [0.3, 0.4) is 0 Å². The Hall–Kier alpha value is -1.86. The van der Waals surface area contributed by atoms with Crippen molar-refractivity contribution in [3.05, 3.63) is 46.0 Å². The Morgan fingerprint density at radius 1 is 1.53 bits per heavy atom. The van der Waals surface area contributed by atoms with Crippen LogP contribution in [0.15, 0.2) is 24.3 Å². The molecule has 0 atom stereocenters. The topological polar surface area (TPSA) is 80.9 Å². The molecule has 19 heavy (non-hydrogen) atoms. The number of hydrogen-bond acceptors (Lipinski definition) is 5. The lowest BCUT2D eigenvalue weighted by Gasteiger charge is -2.05. The molecule has 2 rings (SSSR count). The van der Waals surface area contributed by atoms with E-state index in [0.29, 0.717) is 22.1 Å². The Morgan fingerprint density at radius 2 is 2.32 bits per heavy atom. The van der Waals surface area contributed by atoms with Crippen LogP contribution in [0.4, 0.5) is 0 Å². The molecule has 1 aromatic heterocycles. The summed E-state index contributed by atoms with van der Waals surface area (Å²) in [5, 5.41) is 6.62. The third kappa shape index (κ3) is 3.33. The van der Waals surface area contributed by atoms with Crippen LogP contribution in [0.25, 0.3) is 0 Å². The predicted molar refractivity (Wildman–Crippen MR) is 78.1 cm³/mol. The highest BCUT2D eigenvalue weighted by molar-refractivity contribution is 7.80. The number of thiocarbonyl (C=S) groups is 1. The first-order chi connectivity index (χ1) is 9.08. The van der Waals surface area contributed by atoms with E-state index in [9.17, 15) is 4.79 Å². The summed E-state index contributed by atoms with van der Waals surface area (Å²) < 4.78 is 3.73. The van der Waals surface area contributed by atoms with Gasteiger partial charge in [-0.3, -0.25) is 4.79 Å². The summed E-state index contributed by atoms with van der Waals surface area (Å²) in [5.41, 5.74) is 7.93. The van der Waals surface area contributed by atoms with Crippen molar-refractivity contribution < 1.29 is 4.79 Å². The third-order valence-corrected chi connectivity index (χ3v) is 3.58. The molecule has 1 amide bonds. The van der Waals surface area contributed by atoms with Gasteiger partial charge in [0.05, 0.1) is 5.69 Å². The van der Waals surface area contributed by atoms with Gasteiger partial charge in [-0.25, -0.2) is 0 Å². The quantitative estimate of drug-likeness (QED) is 0.833. The number of carbonyl (C=O) groups is 1. The van der Waals surface area contributed by atoms with E-state index in [1.165, 1.54) is 0 Å². The second-order valence-electron chi connectivity index (χ2n) is 3.93. The molecule has 0 unspecified atom stereocenters. The van der Waals surface area contributed by atoms with E-state index in [0.717, 1.165) is 22.7 Å². The molecule has 3 N–H and O–H groups in total.